The van der Waals surface area contributed by atoms with Crippen LogP contribution in [0.15, 0.2) is 22.7 Å². The lowest BCUT2D eigenvalue weighted by molar-refractivity contribution is -0.137. The second-order valence-electron chi connectivity index (χ2n) is 4.84. The molecule has 1 N–H and O–H groups in total. The molecule has 0 spiro atoms. The third-order valence-corrected chi connectivity index (χ3v) is 3.97. The maximum Gasteiger partial charge on any atom is 0.416 e. The minimum atomic E-state index is -4.30. The van der Waals surface area contributed by atoms with E-state index >= 15 is 0 Å². The highest BCUT2D eigenvalue weighted by Gasteiger charge is 2.31. The van der Waals surface area contributed by atoms with Gasteiger partial charge in [0, 0.05) is 10.5 Å². The van der Waals surface area contributed by atoms with E-state index in [2.05, 4.69) is 28.2 Å². The molecule has 1 nitrogen and oxygen atoms in total. The molecule has 114 valence electrons. The Bertz CT molecular complexity index is 418. The largest absolute Gasteiger partial charge is 0.416 e. The van der Waals surface area contributed by atoms with Crippen LogP contribution in [-0.4, -0.2) is 6.54 Å². The third-order valence-electron chi connectivity index (χ3n) is 3.25. The van der Waals surface area contributed by atoms with Gasteiger partial charge in [-0.3, -0.25) is 0 Å². The summed E-state index contributed by atoms with van der Waals surface area (Å²) in [5.41, 5.74) is 0.104. The van der Waals surface area contributed by atoms with Gasteiger partial charge in [0.15, 0.2) is 0 Å². The fraction of sp³-hybridized carbons (Fsp3) is 0.600. The van der Waals surface area contributed by atoms with Crippen molar-refractivity contribution < 1.29 is 13.2 Å². The summed E-state index contributed by atoms with van der Waals surface area (Å²) >= 11 is 3.37. The monoisotopic (exact) mass is 351 g/mol. The summed E-state index contributed by atoms with van der Waals surface area (Å²) in [5, 5.41) is 3.28. The smallest absolute Gasteiger partial charge is 0.310 e. The van der Waals surface area contributed by atoms with Crippen LogP contribution in [0.4, 0.5) is 13.2 Å². The van der Waals surface area contributed by atoms with E-state index in [1.54, 1.807) is 0 Å². The first kappa shape index (κ1) is 17.5. The van der Waals surface area contributed by atoms with E-state index in [1.807, 2.05) is 6.92 Å². The molecule has 0 aliphatic carbocycles. The molecule has 0 saturated heterocycles. The van der Waals surface area contributed by atoms with Crippen molar-refractivity contribution in [2.24, 2.45) is 0 Å². The zero-order valence-corrected chi connectivity index (χ0v) is 13.4. The highest BCUT2D eigenvalue weighted by Crippen LogP contribution is 2.35. The van der Waals surface area contributed by atoms with Crippen LogP contribution in [0.5, 0.6) is 0 Å². The summed E-state index contributed by atoms with van der Waals surface area (Å²) in [6, 6.07) is 3.82. The van der Waals surface area contributed by atoms with Gasteiger partial charge < -0.3 is 5.32 Å². The average Bonchev–Trinajstić information content (AvgIpc) is 2.37. The Morgan fingerprint density at radius 1 is 1.20 bits per heavy atom. The number of benzene rings is 1. The van der Waals surface area contributed by atoms with E-state index in [-0.39, 0.29) is 6.04 Å². The van der Waals surface area contributed by atoms with Crippen molar-refractivity contribution in [2.75, 3.05) is 6.54 Å². The van der Waals surface area contributed by atoms with E-state index in [0.717, 1.165) is 42.8 Å². The van der Waals surface area contributed by atoms with Gasteiger partial charge in [-0.05, 0) is 36.7 Å². The Morgan fingerprint density at radius 3 is 2.45 bits per heavy atom. The molecule has 0 heterocycles. The van der Waals surface area contributed by atoms with Crippen LogP contribution in [0.25, 0.3) is 0 Å². The Morgan fingerprint density at radius 2 is 1.90 bits per heavy atom. The lowest BCUT2D eigenvalue weighted by atomic mass is 9.98. The predicted molar refractivity (Wildman–Crippen MR) is 79.7 cm³/mol. The summed E-state index contributed by atoms with van der Waals surface area (Å²) in [7, 11) is 0. The van der Waals surface area contributed by atoms with Gasteiger partial charge >= 0.3 is 6.18 Å². The van der Waals surface area contributed by atoms with Crippen LogP contribution in [0, 0.1) is 0 Å². The zero-order valence-electron chi connectivity index (χ0n) is 11.9. The molecule has 1 aromatic carbocycles. The van der Waals surface area contributed by atoms with E-state index in [0.29, 0.717) is 5.56 Å². The second kappa shape index (κ2) is 8.03. The van der Waals surface area contributed by atoms with Crippen LogP contribution in [0.1, 0.15) is 56.7 Å². The number of rotatable bonds is 7. The Labute approximate surface area is 127 Å². The molecule has 0 bridgehead atoms. The van der Waals surface area contributed by atoms with Gasteiger partial charge in [-0.2, -0.15) is 13.2 Å². The van der Waals surface area contributed by atoms with E-state index in [1.165, 1.54) is 12.1 Å². The van der Waals surface area contributed by atoms with E-state index < -0.39 is 11.7 Å². The lowest BCUT2D eigenvalue weighted by Gasteiger charge is -2.21. The van der Waals surface area contributed by atoms with Crippen LogP contribution < -0.4 is 5.32 Å². The highest BCUT2D eigenvalue weighted by atomic mass is 79.9. The average molecular weight is 352 g/mol. The van der Waals surface area contributed by atoms with Gasteiger partial charge in [-0.15, -0.1) is 0 Å². The second-order valence-corrected chi connectivity index (χ2v) is 5.69. The third kappa shape index (κ3) is 5.09. The van der Waals surface area contributed by atoms with Gasteiger partial charge in [-0.1, -0.05) is 49.0 Å². The highest BCUT2D eigenvalue weighted by molar-refractivity contribution is 9.10. The molecule has 0 radical (unpaired) electrons. The molecule has 1 atom stereocenters. The Hall–Kier alpha value is -0.550. The summed E-state index contributed by atoms with van der Waals surface area (Å²) in [6.45, 7) is 4.82. The van der Waals surface area contributed by atoms with Crippen LogP contribution >= 0.6 is 15.9 Å². The van der Waals surface area contributed by atoms with Crippen molar-refractivity contribution >= 4 is 15.9 Å². The number of alkyl halides is 3. The van der Waals surface area contributed by atoms with Gasteiger partial charge in [0.05, 0.1) is 5.56 Å². The molecule has 1 aromatic rings. The summed E-state index contributed by atoms with van der Waals surface area (Å²) < 4.78 is 39.2. The SMILES string of the molecule is CCCCCC(NCC)c1cc(C(F)(F)F)ccc1Br. The number of unbranched alkanes of at least 4 members (excludes halogenated alkanes) is 2. The number of halogens is 4. The molecule has 5 heteroatoms. The summed E-state index contributed by atoms with van der Waals surface area (Å²) in [6.07, 6.45) is -0.241. The maximum atomic E-state index is 12.8. The maximum absolute atomic E-state index is 12.8. The van der Waals surface area contributed by atoms with Crippen LogP contribution in [0.3, 0.4) is 0 Å². The molecule has 1 rings (SSSR count). The Balaban J connectivity index is 2.99. The molecule has 0 aliphatic rings. The molecule has 0 fully saturated rings. The summed E-state index contributed by atoms with van der Waals surface area (Å²) in [5.74, 6) is 0. The zero-order chi connectivity index (χ0) is 15.2. The topological polar surface area (TPSA) is 12.0 Å². The van der Waals surface area contributed by atoms with E-state index in [4.69, 9.17) is 0 Å². The van der Waals surface area contributed by atoms with Gasteiger partial charge in [0.2, 0.25) is 0 Å². The van der Waals surface area contributed by atoms with Crippen molar-refractivity contribution in [3.8, 4) is 0 Å². The van der Waals surface area contributed by atoms with Gasteiger partial charge in [-0.25, -0.2) is 0 Å². The fourth-order valence-electron chi connectivity index (χ4n) is 2.20. The van der Waals surface area contributed by atoms with Crippen molar-refractivity contribution in [3.63, 3.8) is 0 Å². The van der Waals surface area contributed by atoms with Crippen molar-refractivity contribution in [2.45, 2.75) is 51.7 Å². The molecule has 0 amide bonds. The first-order chi connectivity index (χ1) is 9.40. The fourth-order valence-corrected chi connectivity index (χ4v) is 2.72. The van der Waals surface area contributed by atoms with Crippen LogP contribution in [-0.2, 0) is 6.18 Å². The van der Waals surface area contributed by atoms with E-state index in [9.17, 15) is 13.2 Å². The normalized spacial score (nSPS) is 13.5. The molecule has 0 saturated carbocycles. The van der Waals surface area contributed by atoms with Crippen molar-refractivity contribution in [1.82, 2.24) is 5.32 Å². The molecular weight excluding hydrogens is 331 g/mol. The minimum absolute atomic E-state index is 0.0387. The summed E-state index contributed by atoms with van der Waals surface area (Å²) in [4.78, 5) is 0. The van der Waals surface area contributed by atoms with Crippen molar-refractivity contribution in [1.29, 1.82) is 0 Å². The van der Waals surface area contributed by atoms with Gasteiger partial charge in [0.25, 0.3) is 0 Å². The molecule has 1 unspecified atom stereocenters. The quantitative estimate of drug-likeness (QED) is 0.621. The first-order valence-electron chi connectivity index (χ1n) is 7.00. The predicted octanol–water partition coefficient (Wildman–Crippen LogP) is 5.70. The number of nitrogens with one attached hydrogen (secondary N) is 1. The lowest BCUT2D eigenvalue weighted by Crippen LogP contribution is -2.22. The first-order valence-corrected chi connectivity index (χ1v) is 7.79. The minimum Gasteiger partial charge on any atom is -0.310 e. The molecular formula is C15H21BrF3N. The standard InChI is InChI=1S/C15H21BrF3N/c1-3-5-6-7-14(20-4-2)12-10-11(15(17,18)19)8-9-13(12)16/h8-10,14,20H,3-7H2,1-2H3. The van der Waals surface area contributed by atoms with Crippen LogP contribution in [0.2, 0.25) is 0 Å². The Kier molecular flexibility index (Phi) is 7.03. The number of hydrogen-bond acceptors (Lipinski definition) is 1. The molecule has 0 aromatic heterocycles. The van der Waals surface area contributed by atoms with Crippen molar-refractivity contribution in [3.05, 3.63) is 33.8 Å². The number of hydrogen-bond donors (Lipinski definition) is 1. The molecule has 0 aliphatic heterocycles. The van der Waals surface area contributed by atoms with Gasteiger partial charge in [0.1, 0.15) is 0 Å². The molecule has 20 heavy (non-hydrogen) atoms.